The van der Waals surface area contributed by atoms with Crippen molar-refractivity contribution in [2.24, 2.45) is 0 Å². The molecule has 0 aromatic rings. The topological polar surface area (TPSA) is 39.3 Å². The molecular weight excluding hydrogens is 200 g/mol. The highest BCUT2D eigenvalue weighted by Gasteiger charge is 2.45. The van der Waals surface area contributed by atoms with Crippen molar-refractivity contribution in [1.29, 1.82) is 0 Å². The minimum absolute atomic E-state index is 0.565. The maximum Gasteiger partial charge on any atom is 0.0642 e. The van der Waals surface area contributed by atoms with Crippen LogP contribution in [0.25, 0.3) is 0 Å². The van der Waals surface area contributed by atoms with Crippen LogP contribution >= 0.6 is 0 Å². The Hall–Kier alpha value is -0.160. The van der Waals surface area contributed by atoms with E-state index in [9.17, 15) is 0 Å². The van der Waals surface area contributed by atoms with Crippen LogP contribution in [0.4, 0.5) is 0 Å². The van der Waals surface area contributed by atoms with Gasteiger partial charge in [-0.25, -0.2) is 0 Å². The smallest absolute Gasteiger partial charge is 0.0642 e. The fraction of sp³-hybridized carbons (Fsp3) is 1.00. The average Bonchev–Trinajstić information content (AvgIpc) is 2.14. The summed E-state index contributed by atoms with van der Waals surface area (Å²) >= 11 is 0. The Balaban J connectivity index is 1.83. The van der Waals surface area contributed by atoms with Crippen LogP contribution in [0, 0.1) is 0 Å². The van der Waals surface area contributed by atoms with Gasteiger partial charge in [0.15, 0.2) is 0 Å². The van der Waals surface area contributed by atoms with Gasteiger partial charge in [0.05, 0.1) is 18.5 Å². The van der Waals surface area contributed by atoms with Crippen molar-refractivity contribution < 1.29 is 0 Å². The van der Waals surface area contributed by atoms with Crippen LogP contribution in [0.2, 0.25) is 0 Å². The molecule has 0 radical (unpaired) electrons. The molecule has 3 N–H and O–H groups in total. The summed E-state index contributed by atoms with van der Waals surface area (Å²) in [6, 6.07) is 1.90. The van der Waals surface area contributed by atoms with Gasteiger partial charge in [0.2, 0.25) is 0 Å². The first kappa shape index (κ1) is 11.0. The van der Waals surface area contributed by atoms with Gasteiger partial charge in [0.1, 0.15) is 0 Å². The molecule has 16 heavy (non-hydrogen) atoms. The zero-order chi connectivity index (χ0) is 11.3. The SMILES string of the molecule is C[C@@H]1C[C@H]2N[C@@H](C)C[C@@H]3N[C@H](C)C[C@H](N1)N32. The summed E-state index contributed by atoms with van der Waals surface area (Å²) < 4.78 is 0. The Labute approximate surface area is 98.1 Å². The molecule has 0 amide bonds. The lowest BCUT2D eigenvalue weighted by molar-refractivity contribution is -0.0841. The monoisotopic (exact) mass is 224 g/mol. The van der Waals surface area contributed by atoms with Crippen LogP contribution in [0.5, 0.6) is 0 Å². The minimum atomic E-state index is 0.565. The van der Waals surface area contributed by atoms with E-state index >= 15 is 0 Å². The van der Waals surface area contributed by atoms with Gasteiger partial charge in [-0.2, -0.15) is 0 Å². The zero-order valence-electron chi connectivity index (χ0n) is 10.5. The van der Waals surface area contributed by atoms with Crippen LogP contribution in [0.1, 0.15) is 40.0 Å². The molecule has 3 rings (SSSR count). The van der Waals surface area contributed by atoms with Gasteiger partial charge in [-0.3, -0.25) is 20.9 Å². The highest BCUT2D eigenvalue weighted by molar-refractivity contribution is 4.99. The molecule has 3 aliphatic heterocycles. The molecule has 0 bridgehead atoms. The second kappa shape index (κ2) is 3.95. The molecule has 3 saturated heterocycles. The van der Waals surface area contributed by atoms with Gasteiger partial charge in [-0.15, -0.1) is 0 Å². The van der Waals surface area contributed by atoms with Crippen LogP contribution < -0.4 is 16.0 Å². The summed E-state index contributed by atoms with van der Waals surface area (Å²) in [5.41, 5.74) is 0. The van der Waals surface area contributed by atoms with Gasteiger partial charge in [-0.05, 0) is 40.0 Å². The van der Waals surface area contributed by atoms with Crippen molar-refractivity contribution in [3.05, 3.63) is 0 Å². The van der Waals surface area contributed by atoms with Gasteiger partial charge < -0.3 is 0 Å². The highest BCUT2D eigenvalue weighted by Crippen LogP contribution is 2.29. The second-order valence-corrected chi connectivity index (χ2v) is 5.90. The maximum atomic E-state index is 3.74. The molecule has 0 unspecified atom stereocenters. The van der Waals surface area contributed by atoms with Crippen LogP contribution in [-0.2, 0) is 0 Å². The number of hydrogen-bond donors (Lipinski definition) is 3. The second-order valence-electron chi connectivity index (χ2n) is 5.90. The highest BCUT2D eigenvalue weighted by atomic mass is 15.5. The summed E-state index contributed by atoms with van der Waals surface area (Å²) in [6.45, 7) is 6.92. The Morgan fingerprint density at radius 1 is 0.688 bits per heavy atom. The van der Waals surface area contributed by atoms with E-state index < -0.39 is 0 Å². The van der Waals surface area contributed by atoms with Crippen molar-refractivity contribution in [2.45, 2.75) is 76.7 Å². The van der Waals surface area contributed by atoms with Crippen molar-refractivity contribution in [3.8, 4) is 0 Å². The van der Waals surface area contributed by atoms with E-state index in [1.165, 1.54) is 19.3 Å². The molecule has 3 fully saturated rings. The third kappa shape index (κ3) is 1.78. The Morgan fingerprint density at radius 2 is 1.00 bits per heavy atom. The molecule has 0 aromatic carbocycles. The first-order valence-corrected chi connectivity index (χ1v) is 6.69. The quantitative estimate of drug-likeness (QED) is 0.557. The van der Waals surface area contributed by atoms with Gasteiger partial charge >= 0.3 is 0 Å². The van der Waals surface area contributed by atoms with E-state index in [1.807, 2.05) is 0 Å². The molecule has 3 aliphatic rings. The molecule has 0 aromatic heterocycles. The minimum Gasteiger partial charge on any atom is -0.299 e. The fourth-order valence-electron chi connectivity index (χ4n) is 3.67. The molecule has 0 aliphatic carbocycles. The lowest BCUT2D eigenvalue weighted by atomic mass is 9.94. The third-order valence-corrected chi connectivity index (χ3v) is 4.24. The normalized spacial score (nSPS) is 53.4. The molecule has 92 valence electrons. The number of rotatable bonds is 0. The molecule has 0 saturated carbocycles. The molecular formula is C12H24N4. The molecule has 4 heteroatoms. The van der Waals surface area contributed by atoms with Gasteiger partial charge in [0, 0.05) is 18.1 Å². The molecule has 3 heterocycles. The Kier molecular flexibility index (Phi) is 2.70. The number of nitrogens with one attached hydrogen (secondary N) is 3. The molecule has 0 spiro atoms. The molecule has 6 atom stereocenters. The summed E-state index contributed by atoms with van der Waals surface area (Å²) in [4.78, 5) is 2.62. The summed E-state index contributed by atoms with van der Waals surface area (Å²) in [6.07, 6.45) is 5.34. The summed E-state index contributed by atoms with van der Waals surface area (Å²) in [5, 5.41) is 11.2. The Morgan fingerprint density at radius 3 is 1.31 bits per heavy atom. The first-order chi connectivity index (χ1) is 7.63. The van der Waals surface area contributed by atoms with E-state index in [1.54, 1.807) is 0 Å². The Bertz CT molecular complexity index is 209. The average molecular weight is 224 g/mol. The van der Waals surface area contributed by atoms with Crippen LogP contribution in [0.3, 0.4) is 0 Å². The van der Waals surface area contributed by atoms with E-state index in [0.29, 0.717) is 36.6 Å². The van der Waals surface area contributed by atoms with E-state index in [0.717, 1.165) is 0 Å². The van der Waals surface area contributed by atoms with E-state index in [4.69, 9.17) is 0 Å². The van der Waals surface area contributed by atoms with Crippen molar-refractivity contribution in [1.82, 2.24) is 20.9 Å². The number of nitrogens with zero attached hydrogens (tertiary/aromatic N) is 1. The van der Waals surface area contributed by atoms with Gasteiger partial charge in [-0.1, -0.05) is 0 Å². The first-order valence-electron chi connectivity index (χ1n) is 6.69. The third-order valence-electron chi connectivity index (χ3n) is 4.24. The van der Waals surface area contributed by atoms with Gasteiger partial charge in [0.25, 0.3) is 0 Å². The standard InChI is InChI=1S/C12H24N4/c1-7-4-10-14-9(3)6-12-15-8(2)5-11(13-7)16(10)12/h7-15H,4-6H2,1-3H3/t7-,8-,9+,10+,11-,12-/m1/s1. The van der Waals surface area contributed by atoms with Crippen molar-refractivity contribution >= 4 is 0 Å². The van der Waals surface area contributed by atoms with Crippen LogP contribution in [0.15, 0.2) is 0 Å². The van der Waals surface area contributed by atoms with E-state index in [-0.39, 0.29) is 0 Å². The van der Waals surface area contributed by atoms with E-state index in [2.05, 4.69) is 41.6 Å². The van der Waals surface area contributed by atoms with Crippen LogP contribution in [-0.4, -0.2) is 41.5 Å². The maximum absolute atomic E-state index is 3.74. The summed E-state index contributed by atoms with van der Waals surface area (Å²) in [5.74, 6) is 0. The predicted molar refractivity (Wildman–Crippen MR) is 64.8 cm³/mol. The lowest BCUT2D eigenvalue weighted by Gasteiger charge is -2.57. The number of hydrogen-bond acceptors (Lipinski definition) is 4. The van der Waals surface area contributed by atoms with Crippen molar-refractivity contribution in [2.75, 3.05) is 0 Å². The lowest BCUT2D eigenvalue weighted by Crippen LogP contribution is -2.76. The summed E-state index contributed by atoms with van der Waals surface area (Å²) in [7, 11) is 0. The predicted octanol–water partition coefficient (Wildman–Crippen LogP) is 0.412. The largest absolute Gasteiger partial charge is 0.299 e. The molecule has 4 nitrogen and oxygen atoms in total. The fourth-order valence-corrected chi connectivity index (χ4v) is 3.67. The zero-order valence-corrected chi connectivity index (χ0v) is 10.5. The van der Waals surface area contributed by atoms with Crippen molar-refractivity contribution in [3.63, 3.8) is 0 Å².